The van der Waals surface area contributed by atoms with E-state index in [2.05, 4.69) is 0 Å². The van der Waals surface area contributed by atoms with Gasteiger partial charge in [0.1, 0.15) is 11.4 Å². The van der Waals surface area contributed by atoms with Crippen molar-refractivity contribution < 1.29 is 22.0 Å². The molecule has 0 N–H and O–H groups in total. The highest BCUT2D eigenvalue weighted by atomic mass is 32.2. The van der Waals surface area contributed by atoms with Crippen LogP contribution in [0.2, 0.25) is 0 Å². The molecule has 27 heavy (non-hydrogen) atoms. The largest absolute Gasteiger partial charge is 0.451 e. The molecule has 6 nitrogen and oxygen atoms in total. The highest BCUT2D eigenvalue weighted by Crippen LogP contribution is 2.22. The van der Waals surface area contributed by atoms with Gasteiger partial charge in [0.2, 0.25) is 10.0 Å². The van der Waals surface area contributed by atoms with Crippen LogP contribution in [0.3, 0.4) is 0 Å². The van der Waals surface area contributed by atoms with Gasteiger partial charge in [-0.3, -0.25) is 4.79 Å². The van der Waals surface area contributed by atoms with Crippen molar-refractivity contribution in [1.29, 1.82) is 0 Å². The lowest BCUT2D eigenvalue weighted by atomic mass is 10.2. The number of carbonyl (C=O) groups excluding carboxylic acids is 1. The summed E-state index contributed by atoms with van der Waals surface area (Å²) in [5, 5.41) is 0.841. The standard InChI is InChI=1S/C19H17FN2O4S/c20-15-5-3-6-16(13-15)27(24,25)22-10-8-21(9-11-22)19(23)18-12-14-4-1-2-7-17(14)26-18/h1-7,12-13H,8-11H2. The van der Waals surface area contributed by atoms with E-state index in [4.69, 9.17) is 4.42 Å². The number of benzene rings is 2. The molecule has 0 aliphatic carbocycles. The summed E-state index contributed by atoms with van der Waals surface area (Å²) in [6, 6.07) is 14.0. The summed E-state index contributed by atoms with van der Waals surface area (Å²) in [7, 11) is -3.79. The minimum Gasteiger partial charge on any atom is -0.451 e. The third kappa shape index (κ3) is 3.33. The van der Waals surface area contributed by atoms with Gasteiger partial charge in [-0.1, -0.05) is 24.3 Å². The van der Waals surface area contributed by atoms with Crippen LogP contribution in [0.25, 0.3) is 11.0 Å². The predicted octanol–water partition coefficient (Wildman–Crippen LogP) is 2.72. The summed E-state index contributed by atoms with van der Waals surface area (Å²) in [6.07, 6.45) is 0. The summed E-state index contributed by atoms with van der Waals surface area (Å²) in [6.45, 7) is 0.768. The van der Waals surface area contributed by atoms with Crippen molar-refractivity contribution >= 4 is 26.9 Å². The van der Waals surface area contributed by atoms with E-state index in [1.54, 1.807) is 17.0 Å². The number of amides is 1. The van der Waals surface area contributed by atoms with Crippen molar-refractivity contribution in [3.05, 3.63) is 66.2 Å². The maximum absolute atomic E-state index is 13.4. The molecular formula is C19H17FN2O4S. The van der Waals surface area contributed by atoms with E-state index in [9.17, 15) is 17.6 Å². The molecule has 3 aromatic rings. The number of rotatable bonds is 3. The van der Waals surface area contributed by atoms with Crippen LogP contribution in [-0.2, 0) is 10.0 Å². The number of piperazine rings is 1. The predicted molar refractivity (Wildman–Crippen MR) is 97.3 cm³/mol. The normalized spacial score (nSPS) is 16.0. The van der Waals surface area contributed by atoms with Crippen LogP contribution in [0.5, 0.6) is 0 Å². The monoisotopic (exact) mass is 388 g/mol. The number of sulfonamides is 1. The molecule has 1 saturated heterocycles. The first-order chi connectivity index (χ1) is 12.9. The Kier molecular flexibility index (Phi) is 4.45. The highest BCUT2D eigenvalue weighted by Gasteiger charge is 2.31. The number of carbonyl (C=O) groups is 1. The van der Waals surface area contributed by atoms with Gasteiger partial charge in [-0.25, -0.2) is 12.8 Å². The van der Waals surface area contributed by atoms with Crippen molar-refractivity contribution in [2.75, 3.05) is 26.2 Å². The van der Waals surface area contributed by atoms with Crippen molar-refractivity contribution in [1.82, 2.24) is 9.21 Å². The van der Waals surface area contributed by atoms with E-state index in [0.717, 1.165) is 11.5 Å². The molecule has 1 aromatic heterocycles. The molecule has 8 heteroatoms. The first-order valence-electron chi connectivity index (χ1n) is 8.49. The maximum atomic E-state index is 13.4. The third-order valence-corrected chi connectivity index (χ3v) is 6.49. The average molecular weight is 388 g/mol. The Morgan fingerprint density at radius 3 is 2.41 bits per heavy atom. The van der Waals surface area contributed by atoms with E-state index in [1.807, 2.05) is 18.2 Å². The molecule has 2 heterocycles. The minimum absolute atomic E-state index is 0.0837. The van der Waals surface area contributed by atoms with Gasteiger partial charge in [0, 0.05) is 31.6 Å². The fourth-order valence-corrected chi connectivity index (χ4v) is 4.61. The smallest absolute Gasteiger partial charge is 0.289 e. The van der Waals surface area contributed by atoms with Crippen LogP contribution in [-0.4, -0.2) is 49.7 Å². The second kappa shape index (κ2) is 6.79. The van der Waals surface area contributed by atoms with Crippen molar-refractivity contribution in [2.24, 2.45) is 0 Å². The van der Waals surface area contributed by atoms with Crippen LogP contribution in [0.1, 0.15) is 10.6 Å². The van der Waals surface area contributed by atoms with Crippen LogP contribution < -0.4 is 0 Å². The molecule has 1 fully saturated rings. The van der Waals surface area contributed by atoms with Gasteiger partial charge in [0.25, 0.3) is 5.91 Å². The van der Waals surface area contributed by atoms with Crippen LogP contribution in [0, 0.1) is 5.82 Å². The number of para-hydroxylation sites is 1. The van der Waals surface area contributed by atoms with Crippen LogP contribution in [0.15, 0.2) is 63.9 Å². The Hall–Kier alpha value is -2.71. The first kappa shape index (κ1) is 17.7. The number of halogens is 1. The van der Waals surface area contributed by atoms with E-state index >= 15 is 0 Å². The second-order valence-corrected chi connectivity index (χ2v) is 8.24. The summed E-state index contributed by atoms with van der Waals surface area (Å²) in [5.41, 5.74) is 0.633. The SMILES string of the molecule is O=C(c1cc2ccccc2o1)N1CCN(S(=O)(=O)c2cccc(F)c2)CC1. The number of fused-ring (bicyclic) bond motifs is 1. The van der Waals surface area contributed by atoms with Gasteiger partial charge in [0.15, 0.2) is 5.76 Å². The Morgan fingerprint density at radius 1 is 0.963 bits per heavy atom. The van der Waals surface area contributed by atoms with Crippen molar-refractivity contribution in [3.63, 3.8) is 0 Å². The van der Waals surface area contributed by atoms with E-state index in [1.165, 1.54) is 22.5 Å². The molecule has 4 rings (SSSR count). The van der Waals surface area contributed by atoms with E-state index in [-0.39, 0.29) is 42.7 Å². The van der Waals surface area contributed by atoms with Gasteiger partial charge in [-0.05, 0) is 30.3 Å². The van der Waals surface area contributed by atoms with Gasteiger partial charge in [-0.2, -0.15) is 4.31 Å². The van der Waals surface area contributed by atoms with E-state index in [0.29, 0.717) is 5.58 Å². The molecule has 0 saturated carbocycles. The Labute approximate surface area is 155 Å². The number of nitrogens with zero attached hydrogens (tertiary/aromatic N) is 2. The zero-order valence-corrected chi connectivity index (χ0v) is 15.2. The Bertz CT molecular complexity index is 1070. The summed E-state index contributed by atoms with van der Waals surface area (Å²) >= 11 is 0. The molecule has 0 spiro atoms. The molecule has 0 radical (unpaired) electrons. The topological polar surface area (TPSA) is 70.8 Å². The van der Waals surface area contributed by atoms with E-state index < -0.39 is 15.8 Å². The molecule has 0 atom stereocenters. The van der Waals surface area contributed by atoms with Crippen LogP contribution in [0.4, 0.5) is 4.39 Å². The lowest BCUT2D eigenvalue weighted by Gasteiger charge is -2.33. The third-order valence-electron chi connectivity index (χ3n) is 4.60. The summed E-state index contributed by atoms with van der Waals surface area (Å²) in [5.74, 6) is -0.638. The van der Waals surface area contributed by atoms with Gasteiger partial charge < -0.3 is 9.32 Å². The lowest BCUT2D eigenvalue weighted by Crippen LogP contribution is -2.50. The molecule has 140 valence electrons. The van der Waals surface area contributed by atoms with Crippen molar-refractivity contribution in [2.45, 2.75) is 4.90 Å². The maximum Gasteiger partial charge on any atom is 0.289 e. The minimum atomic E-state index is -3.79. The quantitative estimate of drug-likeness (QED) is 0.692. The first-order valence-corrected chi connectivity index (χ1v) is 9.93. The van der Waals surface area contributed by atoms with Crippen molar-refractivity contribution in [3.8, 4) is 0 Å². The highest BCUT2D eigenvalue weighted by molar-refractivity contribution is 7.89. The zero-order valence-electron chi connectivity index (χ0n) is 14.3. The number of hydrogen-bond donors (Lipinski definition) is 0. The van der Waals surface area contributed by atoms with Gasteiger partial charge in [0.05, 0.1) is 4.90 Å². The fourth-order valence-electron chi connectivity index (χ4n) is 3.15. The molecular weight excluding hydrogens is 371 g/mol. The summed E-state index contributed by atoms with van der Waals surface area (Å²) in [4.78, 5) is 14.1. The molecule has 1 aliphatic heterocycles. The summed E-state index contributed by atoms with van der Waals surface area (Å²) < 4.78 is 45.5. The Balaban J connectivity index is 1.47. The fraction of sp³-hybridized carbons (Fsp3) is 0.211. The molecule has 1 amide bonds. The number of hydrogen-bond acceptors (Lipinski definition) is 4. The molecule has 1 aliphatic rings. The Morgan fingerprint density at radius 2 is 1.70 bits per heavy atom. The zero-order chi connectivity index (χ0) is 19.0. The average Bonchev–Trinajstić information content (AvgIpc) is 3.12. The lowest BCUT2D eigenvalue weighted by molar-refractivity contribution is 0.0668. The molecule has 0 unspecified atom stereocenters. The van der Waals surface area contributed by atoms with Gasteiger partial charge in [-0.15, -0.1) is 0 Å². The second-order valence-electron chi connectivity index (χ2n) is 6.30. The molecule has 2 aromatic carbocycles. The van der Waals surface area contributed by atoms with Gasteiger partial charge >= 0.3 is 0 Å². The van der Waals surface area contributed by atoms with Crippen LogP contribution >= 0.6 is 0 Å². The number of furan rings is 1. The molecule has 0 bridgehead atoms.